The molecular weight excluding hydrogens is 246 g/mol. The molecule has 0 spiro atoms. The van der Waals surface area contributed by atoms with E-state index in [0.717, 1.165) is 11.5 Å². The number of aromatic nitrogens is 2. The van der Waals surface area contributed by atoms with E-state index in [1.54, 1.807) is 0 Å². The van der Waals surface area contributed by atoms with E-state index in [-0.39, 0.29) is 5.41 Å². The summed E-state index contributed by atoms with van der Waals surface area (Å²) in [6.07, 6.45) is 1.82. The summed E-state index contributed by atoms with van der Waals surface area (Å²) in [4.78, 5) is 9.11. The van der Waals surface area contributed by atoms with Gasteiger partial charge in [0.05, 0.1) is 5.69 Å². The molecule has 0 atom stereocenters. The number of nitrogens with two attached hydrogens (primary N) is 1. The SMILES string of the molecule is Cc1cc(C)c(-c2ccnc(C(C)(C)CN)n2)cc1C. The van der Waals surface area contributed by atoms with Crippen molar-refractivity contribution in [2.45, 2.75) is 40.0 Å². The Morgan fingerprint density at radius 3 is 2.35 bits per heavy atom. The lowest BCUT2D eigenvalue weighted by Gasteiger charge is -2.21. The van der Waals surface area contributed by atoms with Crippen LogP contribution in [-0.2, 0) is 5.41 Å². The van der Waals surface area contributed by atoms with Crippen molar-refractivity contribution in [2.24, 2.45) is 5.73 Å². The number of rotatable bonds is 3. The Kier molecular flexibility index (Phi) is 3.91. The highest BCUT2D eigenvalue weighted by Gasteiger charge is 2.22. The van der Waals surface area contributed by atoms with Crippen molar-refractivity contribution < 1.29 is 0 Å². The zero-order chi connectivity index (χ0) is 14.9. The second kappa shape index (κ2) is 5.33. The van der Waals surface area contributed by atoms with Gasteiger partial charge in [-0.05, 0) is 49.6 Å². The molecule has 1 aromatic carbocycles. The average Bonchev–Trinajstić information content (AvgIpc) is 2.43. The molecule has 1 aromatic heterocycles. The first-order valence-corrected chi connectivity index (χ1v) is 6.97. The monoisotopic (exact) mass is 269 g/mol. The second-order valence-corrected chi connectivity index (χ2v) is 6.10. The zero-order valence-electron chi connectivity index (χ0n) is 13.0. The topological polar surface area (TPSA) is 51.8 Å². The largest absolute Gasteiger partial charge is 0.329 e. The fraction of sp³-hybridized carbons (Fsp3) is 0.412. The van der Waals surface area contributed by atoms with Crippen LogP contribution in [0.25, 0.3) is 11.3 Å². The lowest BCUT2D eigenvalue weighted by Crippen LogP contribution is -2.30. The van der Waals surface area contributed by atoms with Gasteiger partial charge in [0, 0.05) is 23.7 Å². The van der Waals surface area contributed by atoms with E-state index in [9.17, 15) is 0 Å². The molecule has 0 unspecified atom stereocenters. The molecule has 0 saturated carbocycles. The molecule has 3 heteroatoms. The van der Waals surface area contributed by atoms with Crippen molar-refractivity contribution in [3.05, 3.63) is 46.9 Å². The standard InChI is InChI=1S/C17H23N3/c1-11-8-13(3)14(9-12(11)2)15-6-7-19-16(20-15)17(4,5)10-18/h6-9H,10,18H2,1-5H3. The van der Waals surface area contributed by atoms with Gasteiger partial charge in [0.25, 0.3) is 0 Å². The summed E-state index contributed by atoms with van der Waals surface area (Å²) in [6.45, 7) is 11.1. The van der Waals surface area contributed by atoms with E-state index in [4.69, 9.17) is 10.7 Å². The fourth-order valence-corrected chi connectivity index (χ4v) is 2.16. The van der Waals surface area contributed by atoms with Crippen LogP contribution in [0.5, 0.6) is 0 Å². The normalized spacial score (nSPS) is 11.7. The minimum absolute atomic E-state index is 0.205. The molecular formula is C17H23N3. The first kappa shape index (κ1) is 14.7. The van der Waals surface area contributed by atoms with Gasteiger partial charge in [0.2, 0.25) is 0 Å². The van der Waals surface area contributed by atoms with E-state index in [1.807, 2.05) is 12.3 Å². The van der Waals surface area contributed by atoms with Gasteiger partial charge in [-0.15, -0.1) is 0 Å². The Labute approximate surface area is 121 Å². The third-order valence-electron chi connectivity index (χ3n) is 3.89. The third kappa shape index (κ3) is 2.73. The van der Waals surface area contributed by atoms with Crippen LogP contribution in [0.1, 0.15) is 36.4 Å². The van der Waals surface area contributed by atoms with Gasteiger partial charge in [0.1, 0.15) is 5.82 Å². The van der Waals surface area contributed by atoms with Gasteiger partial charge in [0.15, 0.2) is 0 Å². The highest BCUT2D eigenvalue weighted by atomic mass is 14.9. The molecule has 2 N–H and O–H groups in total. The number of nitrogens with zero attached hydrogens (tertiary/aromatic N) is 2. The van der Waals surface area contributed by atoms with Crippen LogP contribution in [0.4, 0.5) is 0 Å². The molecule has 106 valence electrons. The molecule has 2 rings (SSSR count). The number of hydrogen-bond donors (Lipinski definition) is 1. The van der Waals surface area contributed by atoms with Gasteiger partial charge in [-0.2, -0.15) is 0 Å². The predicted octanol–water partition coefficient (Wildman–Crippen LogP) is 3.31. The fourth-order valence-electron chi connectivity index (χ4n) is 2.16. The van der Waals surface area contributed by atoms with Gasteiger partial charge in [-0.3, -0.25) is 0 Å². The van der Waals surface area contributed by atoms with Crippen molar-refractivity contribution in [2.75, 3.05) is 6.54 Å². The quantitative estimate of drug-likeness (QED) is 0.930. The number of aryl methyl sites for hydroxylation is 3. The van der Waals surface area contributed by atoms with E-state index in [2.05, 4.69) is 51.7 Å². The molecule has 0 aliphatic heterocycles. The third-order valence-corrected chi connectivity index (χ3v) is 3.89. The van der Waals surface area contributed by atoms with Gasteiger partial charge >= 0.3 is 0 Å². The zero-order valence-corrected chi connectivity index (χ0v) is 13.0. The van der Waals surface area contributed by atoms with Crippen molar-refractivity contribution in [1.29, 1.82) is 0 Å². The Balaban J connectivity index is 2.55. The van der Waals surface area contributed by atoms with Gasteiger partial charge < -0.3 is 5.73 Å². The molecule has 0 radical (unpaired) electrons. The van der Waals surface area contributed by atoms with Crippen LogP contribution in [0.3, 0.4) is 0 Å². The molecule has 2 aromatic rings. The summed E-state index contributed by atoms with van der Waals surface area (Å²) >= 11 is 0. The Bertz CT molecular complexity index is 630. The number of benzene rings is 1. The molecule has 20 heavy (non-hydrogen) atoms. The van der Waals surface area contributed by atoms with Crippen LogP contribution in [0.2, 0.25) is 0 Å². The minimum atomic E-state index is -0.205. The minimum Gasteiger partial charge on any atom is -0.329 e. The maximum Gasteiger partial charge on any atom is 0.135 e. The van der Waals surface area contributed by atoms with Crippen LogP contribution in [-0.4, -0.2) is 16.5 Å². The predicted molar refractivity (Wildman–Crippen MR) is 83.8 cm³/mol. The van der Waals surface area contributed by atoms with Gasteiger partial charge in [-0.25, -0.2) is 9.97 Å². The smallest absolute Gasteiger partial charge is 0.135 e. The van der Waals surface area contributed by atoms with Crippen LogP contribution < -0.4 is 5.73 Å². The van der Waals surface area contributed by atoms with E-state index >= 15 is 0 Å². The molecule has 0 aliphatic carbocycles. The first-order valence-electron chi connectivity index (χ1n) is 6.97. The Morgan fingerprint density at radius 1 is 1.05 bits per heavy atom. The lowest BCUT2D eigenvalue weighted by molar-refractivity contribution is 0.503. The number of hydrogen-bond acceptors (Lipinski definition) is 3. The second-order valence-electron chi connectivity index (χ2n) is 6.10. The first-order chi connectivity index (χ1) is 9.35. The summed E-state index contributed by atoms with van der Waals surface area (Å²) in [7, 11) is 0. The average molecular weight is 269 g/mol. The summed E-state index contributed by atoms with van der Waals surface area (Å²) < 4.78 is 0. The van der Waals surface area contributed by atoms with E-state index in [1.165, 1.54) is 22.3 Å². The molecule has 1 heterocycles. The Hall–Kier alpha value is -1.74. The summed E-state index contributed by atoms with van der Waals surface area (Å²) in [5.74, 6) is 0.801. The molecule has 0 amide bonds. The lowest BCUT2D eigenvalue weighted by atomic mass is 9.92. The van der Waals surface area contributed by atoms with Crippen LogP contribution >= 0.6 is 0 Å². The molecule has 0 saturated heterocycles. The molecule has 0 fully saturated rings. The summed E-state index contributed by atoms with van der Waals surface area (Å²) in [6, 6.07) is 6.37. The summed E-state index contributed by atoms with van der Waals surface area (Å²) in [5.41, 5.74) is 11.6. The molecule has 0 bridgehead atoms. The highest BCUT2D eigenvalue weighted by molar-refractivity contribution is 5.65. The maximum absolute atomic E-state index is 5.82. The van der Waals surface area contributed by atoms with Crippen molar-refractivity contribution >= 4 is 0 Å². The van der Waals surface area contributed by atoms with Gasteiger partial charge in [-0.1, -0.05) is 19.9 Å². The van der Waals surface area contributed by atoms with Crippen LogP contribution in [0, 0.1) is 20.8 Å². The highest BCUT2D eigenvalue weighted by Crippen LogP contribution is 2.26. The Morgan fingerprint density at radius 2 is 1.70 bits per heavy atom. The maximum atomic E-state index is 5.82. The van der Waals surface area contributed by atoms with E-state index in [0.29, 0.717) is 6.54 Å². The van der Waals surface area contributed by atoms with Crippen LogP contribution in [0.15, 0.2) is 24.4 Å². The van der Waals surface area contributed by atoms with Crippen molar-refractivity contribution in [3.63, 3.8) is 0 Å². The van der Waals surface area contributed by atoms with Crippen molar-refractivity contribution in [3.8, 4) is 11.3 Å². The van der Waals surface area contributed by atoms with Crippen molar-refractivity contribution in [1.82, 2.24) is 9.97 Å². The molecule has 0 aliphatic rings. The van der Waals surface area contributed by atoms with E-state index < -0.39 is 0 Å². The summed E-state index contributed by atoms with van der Waals surface area (Å²) in [5, 5.41) is 0. The molecule has 3 nitrogen and oxygen atoms in total.